The van der Waals surface area contributed by atoms with E-state index in [1.165, 1.54) is 0 Å². The molecule has 1 aromatic carbocycles. The summed E-state index contributed by atoms with van der Waals surface area (Å²) in [4.78, 5) is 4.22. The molecular formula is C14H15BrN2O. The average molecular weight is 307 g/mol. The van der Waals surface area contributed by atoms with Gasteiger partial charge in [-0.25, -0.2) is 0 Å². The maximum absolute atomic E-state index is 5.92. The van der Waals surface area contributed by atoms with E-state index in [1.54, 1.807) is 6.20 Å². The molecule has 1 N–H and O–H groups in total. The number of nitrogens with zero attached hydrogens (tertiary/aromatic N) is 1. The fourth-order valence-electron chi connectivity index (χ4n) is 1.67. The monoisotopic (exact) mass is 306 g/mol. The predicted octanol–water partition coefficient (Wildman–Crippen LogP) is 3.66. The molecule has 0 amide bonds. The second kappa shape index (κ2) is 5.98. The van der Waals surface area contributed by atoms with Crippen LogP contribution in [0, 0.1) is 6.92 Å². The Labute approximate surface area is 115 Å². The molecule has 0 aliphatic rings. The van der Waals surface area contributed by atoms with Crippen LogP contribution in [0.5, 0.6) is 11.5 Å². The lowest BCUT2D eigenvalue weighted by Crippen LogP contribution is -2.06. The van der Waals surface area contributed by atoms with Crippen molar-refractivity contribution in [1.82, 2.24) is 10.3 Å². The van der Waals surface area contributed by atoms with E-state index in [9.17, 15) is 0 Å². The predicted molar refractivity (Wildman–Crippen MR) is 76.0 cm³/mol. The van der Waals surface area contributed by atoms with Gasteiger partial charge in [-0.2, -0.15) is 0 Å². The number of rotatable bonds is 4. The highest BCUT2D eigenvalue weighted by Gasteiger charge is 2.07. The topological polar surface area (TPSA) is 34.1 Å². The van der Waals surface area contributed by atoms with Gasteiger partial charge in [0, 0.05) is 22.8 Å². The van der Waals surface area contributed by atoms with E-state index in [2.05, 4.69) is 32.3 Å². The minimum atomic E-state index is 0.758. The lowest BCUT2D eigenvalue weighted by atomic mass is 10.2. The van der Waals surface area contributed by atoms with E-state index in [0.717, 1.165) is 33.8 Å². The van der Waals surface area contributed by atoms with Crippen molar-refractivity contribution in [1.29, 1.82) is 0 Å². The van der Waals surface area contributed by atoms with Crippen LogP contribution in [-0.2, 0) is 6.54 Å². The number of hydrogen-bond acceptors (Lipinski definition) is 3. The molecule has 0 bridgehead atoms. The Balaban J connectivity index is 2.31. The minimum Gasteiger partial charge on any atom is -0.455 e. The summed E-state index contributed by atoms with van der Waals surface area (Å²) >= 11 is 3.47. The van der Waals surface area contributed by atoms with Crippen LogP contribution in [0.1, 0.15) is 11.3 Å². The van der Waals surface area contributed by atoms with E-state index in [-0.39, 0.29) is 0 Å². The molecule has 1 heterocycles. The summed E-state index contributed by atoms with van der Waals surface area (Å²) in [6.07, 6.45) is 1.76. The molecule has 0 aliphatic carbocycles. The molecule has 0 atom stereocenters. The van der Waals surface area contributed by atoms with Crippen LogP contribution in [-0.4, -0.2) is 12.0 Å². The summed E-state index contributed by atoms with van der Waals surface area (Å²) < 4.78 is 6.97. The molecule has 4 heteroatoms. The van der Waals surface area contributed by atoms with Crippen LogP contribution in [0.15, 0.2) is 41.0 Å². The zero-order chi connectivity index (χ0) is 13.0. The first kappa shape index (κ1) is 13.1. The van der Waals surface area contributed by atoms with Crippen molar-refractivity contribution >= 4 is 15.9 Å². The number of benzene rings is 1. The smallest absolute Gasteiger partial charge is 0.148 e. The van der Waals surface area contributed by atoms with E-state index < -0.39 is 0 Å². The van der Waals surface area contributed by atoms with Crippen molar-refractivity contribution in [3.8, 4) is 11.5 Å². The van der Waals surface area contributed by atoms with E-state index in [0.29, 0.717) is 0 Å². The van der Waals surface area contributed by atoms with Gasteiger partial charge in [-0.15, -0.1) is 0 Å². The Morgan fingerprint density at radius 3 is 2.83 bits per heavy atom. The second-order valence-electron chi connectivity index (χ2n) is 3.97. The lowest BCUT2D eigenvalue weighted by molar-refractivity contribution is 0.467. The lowest BCUT2D eigenvalue weighted by Gasteiger charge is -2.12. The molecule has 0 saturated heterocycles. The number of ether oxygens (including phenoxy) is 1. The average Bonchev–Trinajstić information content (AvgIpc) is 2.35. The summed E-state index contributed by atoms with van der Waals surface area (Å²) in [5.74, 6) is 1.64. The maximum atomic E-state index is 5.92. The molecule has 18 heavy (non-hydrogen) atoms. The fourth-order valence-corrected chi connectivity index (χ4v) is 2.08. The third-order valence-corrected chi connectivity index (χ3v) is 3.06. The standard InChI is InChI=1S/C14H15BrN2O/c1-10-13(4-3-7-17-10)18-14-6-5-12(15)8-11(14)9-16-2/h3-8,16H,9H2,1-2H3. The molecule has 94 valence electrons. The van der Waals surface area contributed by atoms with Crippen molar-refractivity contribution in [3.05, 3.63) is 52.3 Å². The Morgan fingerprint density at radius 1 is 1.28 bits per heavy atom. The summed E-state index contributed by atoms with van der Waals surface area (Å²) in [5, 5.41) is 3.14. The van der Waals surface area contributed by atoms with Gasteiger partial charge in [0.1, 0.15) is 11.5 Å². The molecule has 2 aromatic rings. The summed E-state index contributed by atoms with van der Waals surface area (Å²) in [6, 6.07) is 9.79. The molecule has 0 spiro atoms. The van der Waals surface area contributed by atoms with Gasteiger partial charge in [0.25, 0.3) is 0 Å². The largest absolute Gasteiger partial charge is 0.455 e. The van der Waals surface area contributed by atoms with E-state index in [4.69, 9.17) is 4.74 Å². The number of pyridine rings is 1. The van der Waals surface area contributed by atoms with Crippen molar-refractivity contribution in [2.75, 3.05) is 7.05 Å². The molecule has 3 nitrogen and oxygen atoms in total. The zero-order valence-corrected chi connectivity index (χ0v) is 12.0. The second-order valence-corrected chi connectivity index (χ2v) is 4.89. The first-order valence-corrected chi connectivity index (χ1v) is 6.52. The van der Waals surface area contributed by atoms with Crippen LogP contribution in [0.4, 0.5) is 0 Å². The highest BCUT2D eigenvalue weighted by molar-refractivity contribution is 9.10. The third-order valence-electron chi connectivity index (χ3n) is 2.57. The van der Waals surface area contributed by atoms with Gasteiger partial charge in [-0.05, 0) is 44.3 Å². The SMILES string of the molecule is CNCc1cc(Br)ccc1Oc1cccnc1C. The number of nitrogens with one attached hydrogen (secondary N) is 1. The summed E-state index contributed by atoms with van der Waals surface area (Å²) in [7, 11) is 1.92. The van der Waals surface area contributed by atoms with E-state index in [1.807, 2.05) is 38.2 Å². The minimum absolute atomic E-state index is 0.758. The third kappa shape index (κ3) is 3.09. The number of aryl methyl sites for hydroxylation is 1. The molecule has 0 radical (unpaired) electrons. The fraction of sp³-hybridized carbons (Fsp3) is 0.214. The zero-order valence-electron chi connectivity index (χ0n) is 10.4. The molecule has 0 fully saturated rings. The van der Waals surface area contributed by atoms with Crippen LogP contribution < -0.4 is 10.1 Å². The Bertz CT molecular complexity index is 543. The first-order chi connectivity index (χ1) is 8.70. The maximum Gasteiger partial charge on any atom is 0.148 e. The van der Waals surface area contributed by atoms with Gasteiger partial charge < -0.3 is 10.1 Å². The Kier molecular flexibility index (Phi) is 4.33. The van der Waals surface area contributed by atoms with E-state index >= 15 is 0 Å². The normalized spacial score (nSPS) is 10.4. The van der Waals surface area contributed by atoms with Crippen LogP contribution in [0.3, 0.4) is 0 Å². The van der Waals surface area contributed by atoms with Crippen molar-refractivity contribution in [2.45, 2.75) is 13.5 Å². The Hall–Kier alpha value is -1.39. The number of aromatic nitrogens is 1. The molecule has 1 aromatic heterocycles. The summed E-state index contributed by atoms with van der Waals surface area (Å²) in [5.41, 5.74) is 1.99. The van der Waals surface area contributed by atoms with Crippen LogP contribution in [0.25, 0.3) is 0 Å². The van der Waals surface area contributed by atoms with Gasteiger partial charge in [0.2, 0.25) is 0 Å². The van der Waals surface area contributed by atoms with Crippen molar-refractivity contribution in [2.24, 2.45) is 0 Å². The van der Waals surface area contributed by atoms with Crippen LogP contribution in [0.2, 0.25) is 0 Å². The van der Waals surface area contributed by atoms with Crippen molar-refractivity contribution < 1.29 is 4.74 Å². The number of halogens is 1. The first-order valence-electron chi connectivity index (χ1n) is 5.73. The van der Waals surface area contributed by atoms with Gasteiger partial charge in [0.15, 0.2) is 0 Å². The molecule has 0 unspecified atom stereocenters. The molecule has 0 saturated carbocycles. The van der Waals surface area contributed by atoms with Gasteiger partial charge in [0.05, 0.1) is 5.69 Å². The van der Waals surface area contributed by atoms with Gasteiger partial charge in [-0.3, -0.25) is 4.98 Å². The highest BCUT2D eigenvalue weighted by Crippen LogP contribution is 2.29. The van der Waals surface area contributed by atoms with Crippen molar-refractivity contribution in [3.63, 3.8) is 0 Å². The number of hydrogen-bond donors (Lipinski definition) is 1. The molecular weight excluding hydrogens is 292 g/mol. The van der Waals surface area contributed by atoms with Crippen LogP contribution >= 0.6 is 15.9 Å². The quantitative estimate of drug-likeness (QED) is 0.936. The highest BCUT2D eigenvalue weighted by atomic mass is 79.9. The molecule has 0 aliphatic heterocycles. The van der Waals surface area contributed by atoms with Gasteiger partial charge >= 0.3 is 0 Å². The Morgan fingerprint density at radius 2 is 2.11 bits per heavy atom. The molecule has 2 rings (SSSR count). The van der Waals surface area contributed by atoms with Gasteiger partial charge in [-0.1, -0.05) is 15.9 Å². The summed E-state index contributed by atoms with van der Waals surface area (Å²) in [6.45, 7) is 2.69.